The van der Waals surface area contributed by atoms with Crippen LogP contribution in [0.15, 0.2) is 22.7 Å². The van der Waals surface area contributed by atoms with Crippen molar-refractivity contribution in [2.45, 2.75) is 30.6 Å². The van der Waals surface area contributed by atoms with Crippen LogP contribution in [0.2, 0.25) is 0 Å². The highest BCUT2D eigenvalue weighted by Gasteiger charge is 2.28. The van der Waals surface area contributed by atoms with Crippen LogP contribution < -0.4 is 5.32 Å². The van der Waals surface area contributed by atoms with Crippen molar-refractivity contribution >= 4 is 39.1 Å². The first-order valence-electron chi connectivity index (χ1n) is 5.85. The molecule has 98 valence electrons. The van der Waals surface area contributed by atoms with Crippen molar-refractivity contribution in [2.24, 2.45) is 0 Å². The summed E-state index contributed by atoms with van der Waals surface area (Å²) in [5, 5.41) is 14.9. The fourth-order valence-corrected chi connectivity index (χ4v) is 3.65. The minimum Gasteiger partial charge on any atom is -0.376 e. The third-order valence-electron chi connectivity index (χ3n) is 3.25. The van der Waals surface area contributed by atoms with Gasteiger partial charge in [0.15, 0.2) is 0 Å². The highest BCUT2D eigenvalue weighted by atomic mass is 79.9. The van der Waals surface area contributed by atoms with Gasteiger partial charge in [0.05, 0.1) is 4.92 Å². The molecule has 1 aromatic rings. The molecule has 18 heavy (non-hydrogen) atoms. The number of hydrogen-bond donors (Lipinski definition) is 1. The zero-order valence-electron chi connectivity index (χ0n) is 10.1. The molecule has 1 aliphatic rings. The van der Waals surface area contributed by atoms with E-state index < -0.39 is 0 Å². The first-order valence-corrected chi connectivity index (χ1v) is 7.93. The van der Waals surface area contributed by atoms with Gasteiger partial charge < -0.3 is 5.32 Å². The number of anilines is 1. The molecule has 1 fully saturated rings. The van der Waals surface area contributed by atoms with Gasteiger partial charge in [-0.1, -0.05) is 22.4 Å². The summed E-state index contributed by atoms with van der Waals surface area (Å²) < 4.78 is 0.856. The number of benzene rings is 1. The molecular weight excluding hydrogens is 316 g/mol. The van der Waals surface area contributed by atoms with E-state index in [0.29, 0.717) is 17.0 Å². The Labute approximate surface area is 119 Å². The lowest BCUT2D eigenvalue weighted by atomic mass is 10.2. The predicted molar refractivity (Wildman–Crippen MR) is 79.4 cm³/mol. The monoisotopic (exact) mass is 330 g/mol. The maximum absolute atomic E-state index is 11.0. The summed E-state index contributed by atoms with van der Waals surface area (Å²) in [6.07, 6.45) is 5.54. The van der Waals surface area contributed by atoms with Crippen molar-refractivity contribution in [2.75, 3.05) is 11.6 Å². The second kappa shape index (κ2) is 5.93. The van der Waals surface area contributed by atoms with E-state index in [9.17, 15) is 10.1 Å². The van der Waals surface area contributed by atoms with Gasteiger partial charge in [0.25, 0.3) is 5.69 Å². The molecule has 2 atom stereocenters. The van der Waals surface area contributed by atoms with Gasteiger partial charge in [-0.15, -0.1) is 0 Å². The van der Waals surface area contributed by atoms with Crippen molar-refractivity contribution in [3.8, 4) is 0 Å². The van der Waals surface area contributed by atoms with Crippen molar-refractivity contribution < 1.29 is 4.92 Å². The molecule has 2 rings (SSSR count). The van der Waals surface area contributed by atoms with Crippen LogP contribution in [0.3, 0.4) is 0 Å². The minimum atomic E-state index is -0.335. The smallest absolute Gasteiger partial charge is 0.292 e. The molecule has 1 aromatic carbocycles. The number of nitrogens with zero attached hydrogens (tertiary/aromatic N) is 1. The van der Waals surface area contributed by atoms with Crippen LogP contribution in [0.1, 0.15) is 19.3 Å². The number of halogens is 1. The quantitative estimate of drug-likeness (QED) is 0.668. The Morgan fingerprint density at radius 3 is 2.94 bits per heavy atom. The highest BCUT2D eigenvalue weighted by Crippen LogP contribution is 2.34. The standard InChI is InChI=1S/C12H15BrN2O2S/c1-18-12-4-2-3-9(12)14-10-7-8(13)5-6-11(10)15(16)17/h5-7,9,12,14H,2-4H2,1H3. The first-order chi connectivity index (χ1) is 8.61. The molecule has 0 amide bonds. The number of nitrogens with one attached hydrogen (secondary N) is 1. The van der Waals surface area contributed by atoms with E-state index in [1.165, 1.54) is 18.9 Å². The van der Waals surface area contributed by atoms with Crippen LogP contribution in [0.5, 0.6) is 0 Å². The maximum atomic E-state index is 11.0. The van der Waals surface area contributed by atoms with Crippen molar-refractivity contribution in [1.29, 1.82) is 0 Å². The van der Waals surface area contributed by atoms with Gasteiger partial charge in [-0.2, -0.15) is 11.8 Å². The average Bonchev–Trinajstić information content (AvgIpc) is 2.76. The molecule has 0 aliphatic heterocycles. The van der Waals surface area contributed by atoms with Crippen LogP contribution in [0.4, 0.5) is 11.4 Å². The molecular formula is C12H15BrN2O2S. The topological polar surface area (TPSA) is 55.2 Å². The van der Waals surface area contributed by atoms with Gasteiger partial charge in [-0.25, -0.2) is 0 Å². The molecule has 0 heterocycles. The van der Waals surface area contributed by atoms with E-state index in [1.54, 1.807) is 12.1 Å². The van der Waals surface area contributed by atoms with E-state index in [0.717, 1.165) is 10.9 Å². The molecule has 0 radical (unpaired) electrons. The average molecular weight is 331 g/mol. The summed E-state index contributed by atoms with van der Waals surface area (Å²) in [5.41, 5.74) is 0.755. The van der Waals surface area contributed by atoms with E-state index >= 15 is 0 Å². The second-order valence-corrected chi connectivity index (χ2v) is 6.37. The third kappa shape index (κ3) is 2.98. The largest absolute Gasteiger partial charge is 0.376 e. The van der Waals surface area contributed by atoms with E-state index in [1.807, 2.05) is 11.8 Å². The van der Waals surface area contributed by atoms with Gasteiger partial charge in [-0.05, 0) is 31.2 Å². The Kier molecular flexibility index (Phi) is 4.50. The normalized spacial score (nSPS) is 23.0. The molecule has 0 bridgehead atoms. The lowest BCUT2D eigenvalue weighted by molar-refractivity contribution is -0.384. The van der Waals surface area contributed by atoms with Crippen LogP contribution in [0, 0.1) is 10.1 Å². The van der Waals surface area contributed by atoms with Crippen molar-refractivity contribution in [3.63, 3.8) is 0 Å². The summed E-state index contributed by atoms with van der Waals surface area (Å²) >= 11 is 5.19. The lowest BCUT2D eigenvalue weighted by Gasteiger charge is -2.20. The number of nitro benzene ring substituents is 1. The molecule has 2 unspecified atom stereocenters. The lowest BCUT2D eigenvalue weighted by Crippen LogP contribution is -2.26. The Morgan fingerprint density at radius 2 is 2.28 bits per heavy atom. The van der Waals surface area contributed by atoms with Crippen LogP contribution in [0.25, 0.3) is 0 Å². The Balaban J connectivity index is 2.22. The summed E-state index contributed by atoms with van der Waals surface area (Å²) in [5.74, 6) is 0. The molecule has 1 aliphatic carbocycles. The zero-order valence-corrected chi connectivity index (χ0v) is 12.5. The summed E-state index contributed by atoms with van der Waals surface area (Å²) in [4.78, 5) is 10.7. The minimum absolute atomic E-state index is 0.143. The van der Waals surface area contributed by atoms with Crippen LogP contribution in [-0.2, 0) is 0 Å². The van der Waals surface area contributed by atoms with Crippen molar-refractivity contribution in [1.82, 2.24) is 0 Å². The summed E-state index contributed by atoms with van der Waals surface area (Å²) in [6, 6.07) is 5.35. The van der Waals surface area contributed by atoms with Gasteiger partial charge >= 0.3 is 0 Å². The fraction of sp³-hybridized carbons (Fsp3) is 0.500. The highest BCUT2D eigenvalue weighted by molar-refractivity contribution is 9.10. The Hall–Kier alpha value is -0.750. The van der Waals surface area contributed by atoms with Gasteiger partial charge in [0.1, 0.15) is 5.69 Å². The van der Waals surface area contributed by atoms with Gasteiger partial charge in [-0.3, -0.25) is 10.1 Å². The fourth-order valence-electron chi connectivity index (χ4n) is 2.36. The predicted octanol–water partition coefficient (Wildman–Crippen LogP) is 4.05. The van der Waals surface area contributed by atoms with Crippen molar-refractivity contribution in [3.05, 3.63) is 32.8 Å². The summed E-state index contributed by atoms with van der Waals surface area (Å²) in [7, 11) is 0. The molecule has 1 saturated carbocycles. The molecule has 0 spiro atoms. The molecule has 1 N–H and O–H groups in total. The molecule has 0 saturated heterocycles. The Bertz CT molecular complexity index is 456. The maximum Gasteiger partial charge on any atom is 0.292 e. The van der Waals surface area contributed by atoms with Gasteiger partial charge in [0.2, 0.25) is 0 Å². The molecule has 0 aromatic heterocycles. The van der Waals surface area contributed by atoms with E-state index in [-0.39, 0.29) is 10.6 Å². The van der Waals surface area contributed by atoms with Crippen LogP contribution in [-0.4, -0.2) is 22.5 Å². The number of thioether (sulfide) groups is 1. The van der Waals surface area contributed by atoms with Crippen LogP contribution >= 0.6 is 27.7 Å². The third-order valence-corrected chi connectivity index (χ3v) is 4.91. The zero-order chi connectivity index (χ0) is 13.1. The number of hydrogen-bond acceptors (Lipinski definition) is 4. The van der Waals surface area contributed by atoms with E-state index in [4.69, 9.17) is 0 Å². The summed E-state index contributed by atoms with van der Waals surface area (Å²) in [6.45, 7) is 0. The number of nitro groups is 1. The number of rotatable bonds is 4. The molecule has 4 nitrogen and oxygen atoms in total. The molecule has 6 heteroatoms. The Morgan fingerprint density at radius 1 is 1.50 bits per heavy atom. The SMILES string of the molecule is CSC1CCCC1Nc1cc(Br)ccc1[N+](=O)[O-]. The first kappa shape index (κ1) is 13.7. The second-order valence-electron chi connectivity index (χ2n) is 4.37. The van der Waals surface area contributed by atoms with E-state index in [2.05, 4.69) is 27.5 Å². The van der Waals surface area contributed by atoms with Gasteiger partial charge in [0, 0.05) is 21.8 Å².